The molecular formula is C10H19N3O2S. The SMILES string of the molecule is CSC1(CNCC(=O)NC(N)=O)CCCC1. The lowest BCUT2D eigenvalue weighted by atomic mass is 10.1. The number of imide groups is 1. The van der Waals surface area contributed by atoms with Gasteiger partial charge in [0.1, 0.15) is 0 Å². The zero-order chi connectivity index (χ0) is 12.0. The van der Waals surface area contributed by atoms with Crippen molar-refractivity contribution in [2.75, 3.05) is 19.3 Å². The number of carbonyl (C=O) groups excluding carboxylic acids is 2. The first-order valence-corrected chi connectivity index (χ1v) is 6.66. The lowest BCUT2D eigenvalue weighted by Gasteiger charge is -2.26. The van der Waals surface area contributed by atoms with Crippen LogP contribution in [0.4, 0.5) is 4.79 Å². The van der Waals surface area contributed by atoms with E-state index in [1.807, 2.05) is 17.1 Å². The van der Waals surface area contributed by atoms with Crippen molar-refractivity contribution in [3.63, 3.8) is 0 Å². The fourth-order valence-corrected chi connectivity index (χ4v) is 3.00. The second-order valence-corrected chi connectivity index (χ2v) is 5.38. The molecule has 0 heterocycles. The van der Waals surface area contributed by atoms with Crippen LogP contribution in [0.5, 0.6) is 0 Å². The van der Waals surface area contributed by atoms with Gasteiger partial charge >= 0.3 is 6.03 Å². The fraction of sp³-hybridized carbons (Fsp3) is 0.800. The Kier molecular flexibility index (Phi) is 5.08. The Labute approximate surface area is 99.9 Å². The summed E-state index contributed by atoms with van der Waals surface area (Å²) in [6, 6.07) is -0.799. The third kappa shape index (κ3) is 4.02. The summed E-state index contributed by atoms with van der Waals surface area (Å²) in [7, 11) is 0. The standard InChI is InChI=1S/C10H19N3O2S/c1-16-10(4-2-3-5-10)7-12-6-8(14)13-9(11)15/h12H,2-7H2,1H3,(H3,11,13,14,15). The van der Waals surface area contributed by atoms with Crippen LogP contribution in [-0.4, -0.2) is 36.0 Å². The predicted octanol–water partition coefficient (Wildman–Crippen LogP) is 0.447. The first-order chi connectivity index (χ1) is 7.58. The zero-order valence-corrected chi connectivity index (χ0v) is 10.4. The lowest BCUT2D eigenvalue weighted by molar-refractivity contribution is -0.119. The smallest absolute Gasteiger partial charge is 0.318 e. The summed E-state index contributed by atoms with van der Waals surface area (Å²) in [5.74, 6) is -0.373. The molecule has 1 saturated carbocycles. The van der Waals surface area contributed by atoms with E-state index in [4.69, 9.17) is 5.73 Å². The second-order valence-electron chi connectivity index (χ2n) is 4.11. The van der Waals surface area contributed by atoms with Gasteiger partial charge in [-0.2, -0.15) is 11.8 Å². The topological polar surface area (TPSA) is 84.2 Å². The van der Waals surface area contributed by atoms with Gasteiger partial charge < -0.3 is 11.1 Å². The predicted molar refractivity (Wildman–Crippen MR) is 65.3 cm³/mol. The van der Waals surface area contributed by atoms with Crippen LogP contribution >= 0.6 is 11.8 Å². The summed E-state index contributed by atoms with van der Waals surface area (Å²) in [5, 5.41) is 5.11. The summed E-state index contributed by atoms with van der Waals surface area (Å²) in [5.41, 5.74) is 4.84. The van der Waals surface area contributed by atoms with Gasteiger partial charge in [0, 0.05) is 11.3 Å². The molecule has 0 atom stereocenters. The fourth-order valence-electron chi connectivity index (χ4n) is 2.06. The Bertz CT molecular complexity index is 265. The van der Waals surface area contributed by atoms with E-state index in [-0.39, 0.29) is 17.2 Å². The highest BCUT2D eigenvalue weighted by Crippen LogP contribution is 2.39. The van der Waals surface area contributed by atoms with E-state index in [0.29, 0.717) is 0 Å². The number of primary amides is 1. The maximum atomic E-state index is 11.1. The molecule has 3 amide bonds. The van der Waals surface area contributed by atoms with Crippen LogP contribution in [0.3, 0.4) is 0 Å². The normalized spacial score (nSPS) is 18.3. The molecule has 0 saturated heterocycles. The van der Waals surface area contributed by atoms with Gasteiger partial charge in [-0.1, -0.05) is 12.8 Å². The number of rotatable bonds is 5. The van der Waals surface area contributed by atoms with Crippen molar-refractivity contribution in [2.24, 2.45) is 5.73 Å². The minimum absolute atomic E-state index is 0.144. The molecule has 0 aliphatic heterocycles. The first-order valence-electron chi connectivity index (χ1n) is 5.43. The highest BCUT2D eigenvalue weighted by molar-refractivity contribution is 8.00. The average molecular weight is 245 g/mol. The van der Waals surface area contributed by atoms with Crippen molar-refractivity contribution in [1.82, 2.24) is 10.6 Å². The average Bonchev–Trinajstić information content (AvgIpc) is 2.66. The zero-order valence-electron chi connectivity index (χ0n) is 9.54. The third-order valence-electron chi connectivity index (χ3n) is 2.94. The van der Waals surface area contributed by atoms with Gasteiger partial charge in [0.25, 0.3) is 0 Å². The maximum absolute atomic E-state index is 11.1. The van der Waals surface area contributed by atoms with E-state index in [0.717, 1.165) is 6.54 Å². The molecule has 16 heavy (non-hydrogen) atoms. The van der Waals surface area contributed by atoms with E-state index in [9.17, 15) is 9.59 Å². The molecular weight excluding hydrogens is 226 g/mol. The lowest BCUT2D eigenvalue weighted by Crippen LogP contribution is -2.44. The summed E-state index contributed by atoms with van der Waals surface area (Å²) in [4.78, 5) is 21.5. The highest BCUT2D eigenvalue weighted by Gasteiger charge is 2.32. The highest BCUT2D eigenvalue weighted by atomic mass is 32.2. The number of nitrogens with two attached hydrogens (primary N) is 1. The Balaban J connectivity index is 2.23. The Morgan fingerprint density at radius 3 is 2.50 bits per heavy atom. The molecule has 0 unspecified atom stereocenters. The quantitative estimate of drug-likeness (QED) is 0.656. The number of carbonyl (C=O) groups is 2. The van der Waals surface area contributed by atoms with Crippen LogP contribution in [0.2, 0.25) is 0 Å². The molecule has 92 valence electrons. The minimum atomic E-state index is -0.799. The summed E-state index contributed by atoms with van der Waals surface area (Å²) in [6.45, 7) is 0.950. The molecule has 0 aromatic heterocycles. The van der Waals surface area contributed by atoms with Crippen molar-refractivity contribution >= 4 is 23.7 Å². The Morgan fingerprint density at radius 2 is 2.00 bits per heavy atom. The monoisotopic (exact) mass is 245 g/mol. The molecule has 5 nitrogen and oxygen atoms in total. The van der Waals surface area contributed by atoms with Gasteiger partial charge in [-0.15, -0.1) is 0 Å². The number of amides is 3. The van der Waals surface area contributed by atoms with Gasteiger partial charge in [0.2, 0.25) is 5.91 Å². The van der Waals surface area contributed by atoms with Crippen LogP contribution in [0.15, 0.2) is 0 Å². The van der Waals surface area contributed by atoms with Gasteiger partial charge in [-0.25, -0.2) is 4.79 Å². The summed E-state index contributed by atoms with van der Waals surface area (Å²) >= 11 is 1.86. The minimum Gasteiger partial charge on any atom is -0.351 e. The molecule has 0 radical (unpaired) electrons. The molecule has 4 N–H and O–H groups in total. The van der Waals surface area contributed by atoms with Crippen LogP contribution < -0.4 is 16.4 Å². The van der Waals surface area contributed by atoms with E-state index in [1.165, 1.54) is 25.7 Å². The molecule has 1 fully saturated rings. The van der Waals surface area contributed by atoms with Gasteiger partial charge in [-0.3, -0.25) is 10.1 Å². The number of hydrogen-bond donors (Lipinski definition) is 3. The summed E-state index contributed by atoms with van der Waals surface area (Å²) < 4.78 is 0.271. The summed E-state index contributed by atoms with van der Waals surface area (Å²) in [6.07, 6.45) is 7.01. The number of hydrogen-bond acceptors (Lipinski definition) is 4. The number of urea groups is 1. The number of thioether (sulfide) groups is 1. The van der Waals surface area contributed by atoms with Gasteiger partial charge in [0.15, 0.2) is 0 Å². The third-order valence-corrected chi connectivity index (χ3v) is 4.36. The van der Waals surface area contributed by atoms with Crippen molar-refractivity contribution < 1.29 is 9.59 Å². The molecule has 6 heteroatoms. The van der Waals surface area contributed by atoms with E-state index < -0.39 is 6.03 Å². The maximum Gasteiger partial charge on any atom is 0.318 e. The van der Waals surface area contributed by atoms with Crippen molar-refractivity contribution in [1.29, 1.82) is 0 Å². The van der Waals surface area contributed by atoms with Crippen molar-refractivity contribution in [3.8, 4) is 0 Å². The molecule has 0 aromatic rings. The second kappa shape index (κ2) is 6.10. The Morgan fingerprint density at radius 1 is 1.38 bits per heavy atom. The molecule has 0 aromatic carbocycles. The van der Waals surface area contributed by atoms with Crippen LogP contribution in [0.25, 0.3) is 0 Å². The molecule has 1 aliphatic carbocycles. The first kappa shape index (κ1) is 13.3. The van der Waals surface area contributed by atoms with Crippen LogP contribution in [0, 0.1) is 0 Å². The van der Waals surface area contributed by atoms with Crippen molar-refractivity contribution in [3.05, 3.63) is 0 Å². The van der Waals surface area contributed by atoms with Crippen molar-refractivity contribution in [2.45, 2.75) is 30.4 Å². The molecule has 1 aliphatic rings. The van der Waals surface area contributed by atoms with Crippen LogP contribution in [0.1, 0.15) is 25.7 Å². The van der Waals surface area contributed by atoms with E-state index in [2.05, 4.69) is 11.6 Å². The molecule has 0 spiro atoms. The Hall–Kier alpha value is -0.750. The molecule has 0 bridgehead atoms. The van der Waals surface area contributed by atoms with E-state index >= 15 is 0 Å². The number of nitrogens with one attached hydrogen (secondary N) is 2. The van der Waals surface area contributed by atoms with Gasteiger partial charge in [0.05, 0.1) is 6.54 Å². The van der Waals surface area contributed by atoms with Gasteiger partial charge in [-0.05, 0) is 19.1 Å². The van der Waals surface area contributed by atoms with E-state index in [1.54, 1.807) is 0 Å². The molecule has 1 rings (SSSR count). The largest absolute Gasteiger partial charge is 0.351 e. The van der Waals surface area contributed by atoms with Crippen LogP contribution in [-0.2, 0) is 4.79 Å².